The predicted molar refractivity (Wildman–Crippen MR) is 170 cm³/mol. The van der Waals surface area contributed by atoms with Gasteiger partial charge in [-0.3, -0.25) is 4.98 Å². The zero-order valence-electron chi connectivity index (χ0n) is 23.3. The number of rotatable bonds is 3. The van der Waals surface area contributed by atoms with Gasteiger partial charge in [0.2, 0.25) is 0 Å². The van der Waals surface area contributed by atoms with Gasteiger partial charge in [-0.1, -0.05) is 59.5 Å². The second-order valence-electron chi connectivity index (χ2n) is 10.0. The number of benzene rings is 4. The van der Waals surface area contributed by atoms with Crippen LogP contribution in [0.4, 0.5) is 0 Å². The average molecular weight is 732 g/mol. The summed E-state index contributed by atoms with van der Waals surface area (Å²) in [4.78, 5) is 13.1. The van der Waals surface area contributed by atoms with Gasteiger partial charge in [0.25, 0.3) is 0 Å². The van der Waals surface area contributed by atoms with Crippen LogP contribution in [0, 0.1) is 19.1 Å². The molecule has 4 heterocycles. The third kappa shape index (κ3) is 5.74. The topological polar surface area (TPSA) is 51.8 Å². The molecule has 0 aliphatic heterocycles. The van der Waals surface area contributed by atoms with Crippen molar-refractivity contribution in [3.63, 3.8) is 0 Å². The molecule has 1 radical (unpaired) electrons. The van der Waals surface area contributed by atoms with Crippen LogP contribution >= 0.6 is 0 Å². The number of hydrogen-bond acceptors (Lipinski definition) is 4. The molecule has 0 saturated carbocycles. The third-order valence-corrected chi connectivity index (χ3v) is 7.30. The normalized spacial score (nSPS) is 10.7. The molecule has 0 aliphatic rings. The van der Waals surface area contributed by atoms with E-state index in [2.05, 4.69) is 65.4 Å². The van der Waals surface area contributed by atoms with Gasteiger partial charge in [0, 0.05) is 55.7 Å². The van der Waals surface area contributed by atoms with Crippen LogP contribution in [0.15, 0.2) is 138 Å². The van der Waals surface area contributed by atoms with Crippen molar-refractivity contribution in [2.24, 2.45) is 0 Å². The first-order valence-electron chi connectivity index (χ1n) is 13.8. The van der Waals surface area contributed by atoms with E-state index in [-0.39, 0.29) is 20.1 Å². The smallest absolute Gasteiger partial charge is 0.120 e. The Morgan fingerprint density at radius 3 is 2.40 bits per heavy atom. The van der Waals surface area contributed by atoms with Gasteiger partial charge in [0.1, 0.15) is 5.58 Å². The van der Waals surface area contributed by atoms with Gasteiger partial charge < -0.3 is 14.4 Å². The first kappa shape index (κ1) is 28.2. The molecule has 4 nitrogen and oxygen atoms in total. The number of aryl methyl sites for hydroxylation is 1. The van der Waals surface area contributed by atoms with E-state index in [0.29, 0.717) is 0 Å². The van der Waals surface area contributed by atoms with Crippen molar-refractivity contribution in [1.29, 1.82) is 0 Å². The summed E-state index contributed by atoms with van der Waals surface area (Å²) in [6, 6.07) is 42.9. The Hall–Kier alpha value is -4.96. The molecule has 0 N–H and O–H groups in total. The van der Waals surface area contributed by atoms with E-state index in [1.807, 2.05) is 91.4 Å². The molecule has 43 heavy (non-hydrogen) atoms. The quantitative estimate of drug-likeness (QED) is 0.170. The fourth-order valence-electron chi connectivity index (χ4n) is 5.18. The van der Waals surface area contributed by atoms with E-state index < -0.39 is 0 Å². The Morgan fingerprint density at radius 1 is 0.651 bits per heavy atom. The maximum Gasteiger partial charge on any atom is 0.120 e. The minimum atomic E-state index is 0. The van der Waals surface area contributed by atoms with Crippen LogP contribution in [0.2, 0.25) is 0 Å². The summed E-state index contributed by atoms with van der Waals surface area (Å²) in [6.45, 7) is 2.09. The van der Waals surface area contributed by atoms with Crippen molar-refractivity contribution in [3.05, 3.63) is 152 Å². The number of hydrogen-bond donors (Lipinski definition) is 0. The summed E-state index contributed by atoms with van der Waals surface area (Å²) in [5.41, 5.74) is 8.89. The Balaban J connectivity index is 0.000000213. The van der Waals surface area contributed by atoms with Crippen LogP contribution in [0.5, 0.6) is 0 Å². The van der Waals surface area contributed by atoms with E-state index in [9.17, 15) is 0 Å². The molecule has 8 aromatic rings. The van der Waals surface area contributed by atoms with Crippen LogP contribution in [-0.4, -0.2) is 15.0 Å². The molecule has 0 aliphatic carbocycles. The molecule has 0 amide bonds. The first-order chi connectivity index (χ1) is 20.7. The Kier molecular flexibility index (Phi) is 8.19. The summed E-state index contributed by atoms with van der Waals surface area (Å²) < 4.78 is 6.19. The van der Waals surface area contributed by atoms with Gasteiger partial charge in [-0.15, -0.1) is 54.1 Å². The summed E-state index contributed by atoms with van der Waals surface area (Å²) in [5, 5.41) is 4.50. The molecule has 0 bridgehead atoms. The molecule has 209 valence electrons. The zero-order valence-corrected chi connectivity index (χ0v) is 25.7. The van der Waals surface area contributed by atoms with Gasteiger partial charge in [0.15, 0.2) is 0 Å². The predicted octanol–water partition coefficient (Wildman–Crippen LogP) is 9.52. The van der Waals surface area contributed by atoms with Crippen LogP contribution in [0.3, 0.4) is 0 Å². The molecule has 0 atom stereocenters. The van der Waals surface area contributed by atoms with Crippen LogP contribution in [0.25, 0.3) is 66.4 Å². The van der Waals surface area contributed by atoms with E-state index in [4.69, 9.17) is 9.40 Å². The van der Waals surface area contributed by atoms with Crippen molar-refractivity contribution in [1.82, 2.24) is 15.0 Å². The number of fused-ring (bicyclic) bond motifs is 4. The minimum absolute atomic E-state index is 0. The molecule has 0 spiro atoms. The molecule has 8 rings (SSSR count). The molecular formula is C38H25IrN3O-2. The SMILES string of the molecule is Cc1cnc(-c2[c-]ccc3c2oc2ccccc23)cc1-c1ccc2cnccc2c1.[Ir].[c-]1ccccc1-c1ccccn1. The third-order valence-electron chi connectivity index (χ3n) is 7.30. The maximum atomic E-state index is 6.19. The number of nitrogens with zero attached hydrogens (tertiary/aromatic N) is 3. The van der Waals surface area contributed by atoms with E-state index in [1.54, 1.807) is 6.20 Å². The Bertz CT molecular complexity index is 2120. The van der Waals surface area contributed by atoms with Gasteiger partial charge in [0.05, 0.1) is 5.58 Å². The second-order valence-corrected chi connectivity index (χ2v) is 10.0. The molecule has 0 saturated heterocycles. The second kappa shape index (κ2) is 12.5. The van der Waals surface area contributed by atoms with Crippen molar-refractivity contribution >= 4 is 32.7 Å². The molecule has 0 fully saturated rings. The van der Waals surface area contributed by atoms with E-state index >= 15 is 0 Å². The number of aromatic nitrogens is 3. The van der Waals surface area contributed by atoms with Crippen molar-refractivity contribution in [3.8, 4) is 33.6 Å². The fraction of sp³-hybridized carbons (Fsp3) is 0.0263. The Morgan fingerprint density at radius 2 is 1.53 bits per heavy atom. The summed E-state index contributed by atoms with van der Waals surface area (Å²) >= 11 is 0. The largest absolute Gasteiger partial charge is 0.501 e. The van der Waals surface area contributed by atoms with Crippen LogP contribution in [0.1, 0.15) is 5.56 Å². The van der Waals surface area contributed by atoms with E-state index in [0.717, 1.165) is 66.5 Å². The van der Waals surface area contributed by atoms with Gasteiger partial charge in [-0.25, -0.2) is 0 Å². The first-order valence-corrected chi connectivity index (χ1v) is 13.8. The molecule has 4 aromatic heterocycles. The summed E-state index contributed by atoms with van der Waals surface area (Å²) in [5.74, 6) is 0. The van der Waals surface area contributed by atoms with Gasteiger partial charge in [-0.2, -0.15) is 0 Å². The number of furan rings is 1. The van der Waals surface area contributed by atoms with Crippen LogP contribution in [-0.2, 0) is 20.1 Å². The zero-order chi connectivity index (χ0) is 28.3. The molecule has 4 aromatic carbocycles. The molecule has 5 heteroatoms. The van der Waals surface area contributed by atoms with E-state index in [1.165, 1.54) is 5.39 Å². The van der Waals surface area contributed by atoms with Gasteiger partial charge in [-0.05, 0) is 64.7 Å². The summed E-state index contributed by atoms with van der Waals surface area (Å²) in [7, 11) is 0. The Labute approximate surface area is 263 Å². The molecular weight excluding hydrogens is 707 g/mol. The summed E-state index contributed by atoms with van der Waals surface area (Å²) in [6.07, 6.45) is 7.43. The van der Waals surface area contributed by atoms with Crippen molar-refractivity contribution < 1.29 is 24.5 Å². The monoisotopic (exact) mass is 732 g/mol. The van der Waals surface area contributed by atoms with Crippen molar-refractivity contribution in [2.75, 3.05) is 0 Å². The van der Waals surface area contributed by atoms with Crippen LogP contribution < -0.4 is 0 Å². The maximum absolute atomic E-state index is 6.19. The standard InChI is InChI=1S/C27H17N2O.C11H8N.Ir/c1-17-15-29-25(14-24(17)19-9-10-20-16-28-12-11-18(20)13-19)23-7-4-6-22-21-5-2-3-8-26(21)30-27(22)23;1-2-6-10(7-3-1)11-8-4-5-9-12-11;/h2-6,8-16H,1H3;1-6,8-9H;/q2*-1;. The van der Waals surface area contributed by atoms with Gasteiger partial charge >= 0.3 is 0 Å². The van der Waals surface area contributed by atoms with Crippen molar-refractivity contribution in [2.45, 2.75) is 6.92 Å². The molecule has 0 unspecified atom stereocenters. The number of pyridine rings is 3. The number of para-hydroxylation sites is 1. The minimum Gasteiger partial charge on any atom is -0.501 e. The fourth-order valence-corrected chi connectivity index (χ4v) is 5.18. The average Bonchev–Trinajstić information content (AvgIpc) is 3.45.